The summed E-state index contributed by atoms with van der Waals surface area (Å²) in [5.74, 6) is 6.61. The Bertz CT molecular complexity index is 446. The highest BCUT2D eigenvalue weighted by Gasteiger charge is 2.00. The fraction of sp³-hybridized carbons (Fsp3) is 0.308. The summed E-state index contributed by atoms with van der Waals surface area (Å²) in [6, 6.07) is 3.82. The highest BCUT2D eigenvalue weighted by molar-refractivity contribution is 8.13. The van der Waals surface area contributed by atoms with Gasteiger partial charge in [0.2, 0.25) is 0 Å². The van der Waals surface area contributed by atoms with Gasteiger partial charge in [0, 0.05) is 18.2 Å². The Hall–Kier alpha value is -1.40. The Morgan fingerprint density at radius 1 is 1.38 bits per heavy atom. The third-order valence-corrected chi connectivity index (χ3v) is 2.81. The van der Waals surface area contributed by atoms with Crippen LogP contribution in [0.15, 0.2) is 12.1 Å². The number of nitrogens with two attached hydrogens (primary N) is 1. The van der Waals surface area contributed by atoms with Crippen LogP contribution in [0.2, 0.25) is 0 Å². The number of carbonyl (C=O) groups is 1. The summed E-state index contributed by atoms with van der Waals surface area (Å²) >= 11 is 1.23. The molecule has 0 aliphatic rings. The molecule has 0 unspecified atom stereocenters. The molecule has 0 aromatic heterocycles. The minimum Gasteiger partial charge on any atom is -0.399 e. The van der Waals surface area contributed by atoms with Crippen LogP contribution in [0.3, 0.4) is 0 Å². The molecule has 0 bridgehead atoms. The minimum atomic E-state index is 0.0973. The molecule has 1 aromatic rings. The standard InChI is InChI=1S/C13H15NOS/c1-9-7-12(14)8-10(2)13(9)5-4-6-16-11(3)15/h7-8H,6,14H2,1-3H3. The molecule has 84 valence electrons. The molecule has 3 heteroatoms. The molecule has 0 atom stereocenters. The molecule has 0 aliphatic heterocycles. The van der Waals surface area contributed by atoms with Gasteiger partial charge in [0.1, 0.15) is 0 Å². The Labute approximate surface area is 101 Å². The highest BCUT2D eigenvalue weighted by atomic mass is 32.2. The van der Waals surface area contributed by atoms with Crippen LogP contribution in [-0.2, 0) is 4.79 Å². The lowest BCUT2D eigenvalue weighted by Crippen LogP contribution is -1.93. The molecule has 2 nitrogen and oxygen atoms in total. The lowest BCUT2D eigenvalue weighted by molar-refractivity contribution is -0.109. The molecule has 2 N–H and O–H groups in total. The van der Waals surface area contributed by atoms with Gasteiger partial charge in [0.05, 0.1) is 5.75 Å². The van der Waals surface area contributed by atoms with Gasteiger partial charge >= 0.3 is 0 Å². The maximum Gasteiger partial charge on any atom is 0.186 e. The van der Waals surface area contributed by atoms with E-state index in [0.29, 0.717) is 5.75 Å². The SMILES string of the molecule is CC(=O)SCC#Cc1c(C)cc(N)cc1C. The van der Waals surface area contributed by atoms with E-state index in [1.165, 1.54) is 11.8 Å². The van der Waals surface area contributed by atoms with Gasteiger partial charge in [-0.25, -0.2) is 0 Å². The molecule has 0 saturated heterocycles. The zero-order valence-corrected chi connectivity index (χ0v) is 10.6. The number of aryl methyl sites for hydroxylation is 2. The lowest BCUT2D eigenvalue weighted by Gasteiger charge is -2.04. The molecule has 0 saturated carbocycles. The maximum atomic E-state index is 10.7. The van der Waals surface area contributed by atoms with Crippen molar-refractivity contribution in [3.05, 3.63) is 28.8 Å². The predicted molar refractivity (Wildman–Crippen MR) is 70.3 cm³/mol. The van der Waals surface area contributed by atoms with Gasteiger partial charge in [-0.1, -0.05) is 23.6 Å². The molecule has 0 aliphatic carbocycles. The fourth-order valence-electron chi connectivity index (χ4n) is 1.46. The third-order valence-electron chi connectivity index (χ3n) is 2.12. The first-order chi connectivity index (χ1) is 7.50. The van der Waals surface area contributed by atoms with Crippen molar-refractivity contribution < 1.29 is 4.79 Å². The largest absolute Gasteiger partial charge is 0.399 e. The van der Waals surface area contributed by atoms with Crippen molar-refractivity contribution in [1.82, 2.24) is 0 Å². The van der Waals surface area contributed by atoms with Crippen LogP contribution in [-0.4, -0.2) is 10.9 Å². The smallest absolute Gasteiger partial charge is 0.186 e. The van der Waals surface area contributed by atoms with Crippen molar-refractivity contribution in [2.24, 2.45) is 0 Å². The molecule has 0 heterocycles. The molecule has 0 fully saturated rings. The van der Waals surface area contributed by atoms with Crippen LogP contribution in [0.1, 0.15) is 23.6 Å². The lowest BCUT2D eigenvalue weighted by atomic mass is 10.0. The number of hydrogen-bond acceptors (Lipinski definition) is 3. The third kappa shape index (κ3) is 3.63. The first kappa shape index (κ1) is 12.7. The summed E-state index contributed by atoms with van der Waals surface area (Å²) in [6.45, 7) is 5.53. The van der Waals surface area contributed by atoms with E-state index in [-0.39, 0.29) is 5.12 Å². The zero-order chi connectivity index (χ0) is 12.1. The second-order valence-electron chi connectivity index (χ2n) is 3.61. The Morgan fingerprint density at radius 2 is 1.94 bits per heavy atom. The highest BCUT2D eigenvalue weighted by Crippen LogP contribution is 2.16. The van der Waals surface area contributed by atoms with Crippen molar-refractivity contribution in [3.63, 3.8) is 0 Å². The molecule has 1 rings (SSSR count). The van der Waals surface area contributed by atoms with Crippen LogP contribution in [0.4, 0.5) is 5.69 Å². The monoisotopic (exact) mass is 233 g/mol. The van der Waals surface area contributed by atoms with Gasteiger partial charge in [0.15, 0.2) is 5.12 Å². The Balaban J connectivity index is 2.84. The van der Waals surface area contributed by atoms with Crippen molar-refractivity contribution in [3.8, 4) is 11.8 Å². The minimum absolute atomic E-state index is 0.0973. The summed E-state index contributed by atoms with van der Waals surface area (Å²) < 4.78 is 0. The second kappa shape index (κ2) is 5.62. The van der Waals surface area contributed by atoms with Gasteiger partial charge in [-0.3, -0.25) is 4.79 Å². The molecule has 0 spiro atoms. The average molecular weight is 233 g/mol. The maximum absolute atomic E-state index is 10.7. The number of rotatable bonds is 1. The molecule has 0 amide bonds. The normalized spacial score (nSPS) is 9.44. The van der Waals surface area contributed by atoms with Crippen LogP contribution in [0.25, 0.3) is 0 Å². The van der Waals surface area contributed by atoms with E-state index >= 15 is 0 Å². The van der Waals surface area contributed by atoms with Crippen molar-refractivity contribution >= 4 is 22.6 Å². The van der Waals surface area contributed by atoms with E-state index in [9.17, 15) is 4.79 Å². The van der Waals surface area contributed by atoms with E-state index in [2.05, 4.69) is 11.8 Å². The van der Waals surface area contributed by atoms with E-state index in [1.54, 1.807) is 6.92 Å². The number of thioether (sulfide) groups is 1. The summed E-state index contributed by atoms with van der Waals surface area (Å²) in [7, 11) is 0. The van der Waals surface area contributed by atoms with Crippen molar-refractivity contribution in [2.45, 2.75) is 20.8 Å². The van der Waals surface area contributed by atoms with Crippen LogP contribution >= 0.6 is 11.8 Å². The van der Waals surface area contributed by atoms with E-state index in [4.69, 9.17) is 5.73 Å². The van der Waals surface area contributed by atoms with Gasteiger partial charge < -0.3 is 5.73 Å². The van der Waals surface area contributed by atoms with Crippen LogP contribution in [0, 0.1) is 25.7 Å². The van der Waals surface area contributed by atoms with E-state index < -0.39 is 0 Å². The fourth-order valence-corrected chi connectivity index (χ4v) is 1.80. The Morgan fingerprint density at radius 3 is 2.44 bits per heavy atom. The molecule has 0 radical (unpaired) electrons. The van der Waals surface area contributed by atoms with E-state index in [0.717, 1.165) is 22.4 Å². The Kier molecular flexibility index (Phi) is 4.45. The summed E-state index contributed by atoms with van der Waals surface area (Å²) in [4.78, 5) is 10.7. The summed E-state index contributed by atoms with van der Waals surface area (Å²) in [5, 5.41) is 0.0973. The summed E-state index contributed by atoms with van der Waals surface area (Å²) in [5.41, 5.74) is 9.66. The second-order valence-corrected chi connectivity index (χ2v) is 4.76. The summed E-state index contributed by atoms with van der Waals surface area (Å²) in [6.07, 6.45) is 0. The number of hydrogen-bond donors (Lipinski definition) is 1. The first-order valence-corrected chi connectivity index (χ1v) is 5.98. The van der Waals surface area contributed by atoms with Crippen LogP contribution < -0.4 is 5.73 Å². The van der Waals surface area contributed by atoms with Gasteiger partial charge in [-0.15, -0.1) is 0 Å². The number of carbonyl (C=O) groups excluding carboxylic acids is 1. The quantitative estimate of drug-likeness (QED) is 0.598. The number of anilines is 1. The topological polar surface area (TPSA) is 43.1 Å². The van der Waals surface area contributed by atoms with Crippen molar-refractivity contribution in [2.75, 3.05) is 11.5 Å². The molecular weight excluding hydrogens is 218 g/mol. The molecule has 16 heavy (non-hydrogen) atoms. The van der Waals surface area contributed by atoms with Gasteiger partial charge in [0.25, 0.3) is 0 Å². The first-order valence-electron chi connectivity index (χ1n) is 4.99. The average Bonchev–Trinajstić information content (AvgIpc) is 2.14. The van der Waals surface area contributed by atoms with Crippen LogP contribution in [0.5, 0.6) is 0 Å². The van der Waals surface area contributed by atoms with Gasteiger partial charge in [-0.05, 0) is 37.1 Å². The number of benzene rings is 1. The van der Waals surface area contributed by atoms with Gasteiger partial charge in [-0.2, -0.15) is 0 Å². The molecular formula is C13H15NOS. The predicted octanol–water partition coefficient (Wildman–Crippen LogP) is 2.52. The van der Waals surface area contributed by atoms with Crippen molar-refractivity contribution in [1.29, 1.82) is 0 Å². The zero-order valence-electron chi connectivity index (χ0n) is 9.76. The molecule has 1 aromatic carbocycles. The number of nitrogen functional groups attached to an aromatic ring is 1. The van der Waals surface area contributed by atoms with E-state index in [1.807, 2.05) is 26.0 Å².